The smallest absolute Gasteiger partial charge is 0.0411 e. The largest absolute Gasteiger partial charge is 0.171 e. The zero-order valence-corrected chi connectivity index (χ0v) is 8.62. The fourth-order valence-electron chi connectivity index (χ4n) is 1.87. The molecule has 0 aromatic heterocycles. The normalized spacial score (nSPS) is 21.1. The number of fused-ring (bicyclic) bond motifs is 1. The summed E-state index contributed by atoms with van der Waals surface area (Å²) in [7, 11) is 0. The van der Waals surface area contributed by atoms with E-state index >= 15 is 0 Å². The first-order valence-electron chi connectivity index (χ1n) is 4.15. The second-order valence-corrected chi connectivity index (χ2v) is 4.40. The molecule has 0 fully saturated rings. The van der Waals surface area contributed by atoms with Gasteiger partial charge in [0.15, 0.2) is 0 Å². The fourth-order valence-corrected chi connectivity index (χ4v) is 2.52. The summed E-state index contributed by atoms with van der Waals surface area (Å²) in [6.07, 6.45) is 2.31. The lowest BCUT2D eigenvalue weighted by molar-refractivity contribution is 0.895. The second kappa shape index (κ2) is 2.97. The molecule has 64 valence electrons. The van der Waals surface area contributed by atoms with Crippen molar-refractivity contribution in [3.05, 3.63) is 33.8 Å². The highest BCUT2D eigenvalue weighted by Gasteiger charge is 2.20. The van der Waals surface area contributed by atoms with Gasteiger partial charge in [0.05, 0.1) is 0 Å². The first-order chi connectivity index (χ1) is 5.68. The minimum absolute atomic E-state index is 0.400. The summed E-state index contributed by atoms with van der Waals surface area (Å²) in [5.74, 6) is 0. The quantitative estimate of drug-likeness (QED) is 0.606. The van der Waals surface area contributed by atoms with Crippen LogP contribution in [0.1, 0.15) is 28.4 Å². The average Bonchev–Trinajstić information content (AvgIpc) is 2.33. The molecule has 1 aromatic carbocycles. The molecule has 0 bridgehead atoms. The van der Waals surface area contributed by atoms with E-state index in [2.05, 4.69) is 25.6 Å². The van der Waals surface area contributed by atoms with Crippen molar-refractivity contribution in [2.45, 2.75) is 25.0 Å². The van der Waals surface area contributed by atoms with Crippen molar-refractivity contribution in [2.24, 2.45) is 0 Å². The van der Waals surface area contributed by atoms with E-state index in [4.69, 9.17) is 11.6 Å². The number of halogens is 1. The van der Waals surface area contributed by atoms with Gasteiger partial charge in [0.2, 0.25) is 0 Å². The minimum Gasteiger partial charge on any atom is -0.171 e. The monoisotopic (exact) mass is 198 g/mol. The van der Waals surface area contributed by atoms with Crippen molar-refractivity contribution in [3.8, 4) is 0 Å². The van der Waals surface area contributed by atoms with Gasteiger partial charge in [-0.2, -0.15) is 12.6 Å². The second-order valence-electron chi connectivity index (χ2n) is 3.34. The highest BCUT2D eigenvalue weighted by molar-refractivity contribution is 7.80. The third-order valence-electron chi connectivity index (χ3n) is 2.50. The number of hydrogen-bond acceptors (Lipinski definition) is 1. The number of thiol groups is 1. The highest BCUT2D eigenvalue weighted by atomic mass is 35.5. The number of aryl methyl sites for hydroxylation is 1. The molecule has 1 aliphatic carbocycles. The van der Waals surface area contributed by atoms with Gasteiger partial charge in [-0.3, -0.25) is 0 Å². The molecule has 2 rings (SSSR count). The van der Waals surface area contributed by atoms with Crippen molar-refractivity contribution in [1.29, 1.82) is 0 Å². The zero-order valence-electron chi connectivity index (χ0n) is 6.97. The van der Waals surface area contributed by atoms with Crippen LogP contribution < -0.4 is 0 Å². The number of hydrogen-bond donors (Lipinski definition) is 1. The van der Waals surface area contributed by atoms with Crippen molar-refractivity contribution in [3.63, 3.8) is 0 Å². The molecule has 0 nitrogen and oxygen atoms in total. The number of rotatable bonds is 0. The van der Waals surface area contributed by atoms with Gasteiger partial charge in [-0.15, -0.1) is 0 Å². The predicted molar refractivity (Wildman–Crippen MR) is 56.2 cm³/mol. The van der Waals surface area contributed by atoms with E-state index in [1.807, 2.05) is 6.07 Å². The van der Waals surface area contributed by atoms with Gasteiger partial charge >= 0.3 is 0 Å². The van der Waals surface area contributed by atoms with Crippen LogP contribution in [-0.2, 0) is 6.42 Å². The lowest BCUT2D eigenvalue weighted by atomic mass is 10.1. The van der Waals surface area contributed by atoms with E-state index in [0.29, 0.717) is 5.25 Å². The van der Waals surface area contributed by atoms with E-state index < -0.39 is 0 Å². The van der Waals surface area contributed by atoms with Crippen LogP contribution in [0.2, 0.25) is 5.02 Å². The van der Waals surface area contributed by atoms with Crippen molar-refractivity contribution >= 4 is 24.2 Å². The molecule has 0 saturated heterocycles. The molecule has 0 heterocycles. The molecule has 0 amide bonds. The Labute approximate surface area is 83.3 Å². The Morgan fingerprint density at radius 2 is 2.25 bits per heavy atom. The van der Waals surface area contributed by atoms with Crippen LogP contribution in [0, 0.1) is 6.92 Å². The van der Waals surface area contributed by atoms with Crippen molar-refractivity contribution < 1.29 is 0 Å². The van der Waals surface area contributed by atoms with Gasteiger partial charge in [-0.05, 0) is 48.6 Å². The molecule has 0 N–H and O–H groups in total. The van der Waals surface area contributed by atoms with E-state index in [0.717, 1.165) is 17.9 Å². The van der Waals surface area contributed by atoms with Crippen LogP contribution >= 0.6 is 24.2 Å². The van der Waals surface area contributed by atoms with Gasteiger partial charge < -0.3 is 0 Å². The molecule has 0 saturated carbocycles. The third-order valence-corrected chi connectivity index (χ3v) is 3.25. The summed E-state index contributed by atoms with van der Waals surface area (Å²) in [5, 5.41) is 1.24. The average molecular weight is 199 g/mol. The molecule has 12 heavy (non-hydrogen) atoms. The topological polar surface area (TPSA) is 0 Å². The molecule has 1 aromatic rings. The van der Waals surface area contributed by atoms with Crippen LogP contribution in [0.4, 0.5) is 0 Å². The summed E-state index contributed by atoms with van der Waals surface area (Å²) in [6, 6.07) is 4.08. The summed E-state index contributed by atoms with van der Waals surface area (Å²) in [5.41, 5.74) is 4.11. The Morgan fingerprint density at radius 3 is 3.00 bits per heavy atom. The third kappa shape index (κ3) is 1.25. The molecule has 0 spiro atoms. The molecule has 2 heteroatoms. The Hall–Kier alpha value is -0.140. The van der Waals surface area contributed by atoms with Crippen LogP contribution in [0.25, 0.3) is 0 Å². The highest BCUT2D eigenvalue weighted by Crippen LogP contribution is 2.38. The van der Waals surface area contributed by atoms with E-state index in [1.165, 1.54) is 16.7 Å². The van der Waals surface area contributed by atoms with Gasteiger partial charge in [0.25, 0.3) is 0 Å². The minimum atomic E-state index is 0.400. The lowest BCUT2D eigenvalue weighted by Gasteiger charge is -2.06. The summed E-state index contributed by atoms with van der Waals surface area (Å²) in [6.45, 7) is 2.12. The predicted octanol–water partition coefficient (Wildman–Crippen LogP) is 3.57. The Balaban J connectivity index is 2.60. The molecule has 1 atom stereocenters. The molecule has 0 aliphatic heterocycles. The zero-order chi connectivity index (χ0) is 8.72. The first-order valence-corrected chi connectivity index (χ1v) is 5.05. The Bertz CT molecular complexity index is 320. The molecule has 0 radical (unpaired) electrons. The maximum absolute atomic E-state index is 5.96. The van der Waals surface area contributed by atoms with Gasteiger partial charge in [0, 0.05) is 10.3 Å². The molecule has 1 unspecified atom stereocenters. The van der Waals surface area contributed by atoms with Crippen LogP contribution in [0.15, 0.2) is 12.1 Å². The van der Waals surface area contributed by atoms with E-state index in [1.54, 1.807) is 0 Å². The molecule has 1 aliphatic rings. The molecular weight excluding hydrogens is 188 g/mol. The fraction of sp³-hybridized carbons (Fsp3) is 0.400. The van der Waals surface area contributed by atoms with Crippen LogP contribution in [0.3, 0.4) is 0 Å². The van der Waals surface area contributed by atoms with Crippen molar-refractivity contribution in [1.82, 2.24) is 0 Å². The standard InChI is InChI=1S/C10H11ClS/c1-6-4-7(11)5-9-8(6)2-3-10(9)12/h4-5,10,12H,2-3H2,1H3. The van der Waals surface area contributed by atoms with E-state index in [9.17, 15) is 0 Å². The van der Waals surface area contributed by atoms with Gasteiger partial charge in [-0.25, -0.2) is 0 Å². The van der Waals surface area contributed by atoms with Crippen LogP contribution in [-0.4, -0.2) is 0 Å². The SMILES string of the molecule is Cc1cc(Cl)cc2c1CCC2S. The first kappa shape index (κ1) is 8.46. The van der Waals surface area contributed by atoms with Crippen molar-refractivity contribution in [2.75, 3.05) is 0 Å². The Kier molecular flexibility index (Phi) is 2.09. The Morgan fingerprint density at radius 1 is 1.50 bits per heavy atom. The summed E-state index contributed by atoms with van der Waals surface area (Å²) < 4.78 is 0. The maximum Gasteiger partial charge on any atom is 0.0411 e. The summed E-state index contributed by atoms with van der Waals surface area (Å²) >= 11 is 10.5. The van der Waals surface area contributed by atoms with E-state index in [-0.39, 0.29) is 0 Å². The summed E-state index contributed by atoms with van der Waals surface area (Å²) in [4.78, 5) is 0. The lowest BCUT2D eigenvalue weighted by Crippen LogP contribution is -1.87. The maximum atomic E-state index is 5.96. The van der Waals surface area contributed by atoms with Gasteiger partial charge in [0.1, 0.15) is 0 Å². The molecular formula is C10H11ClS. The van der Waals surface area contributed by atoms with Gasteiger partial charge in [-0.1, -0.05) is 11.6 Å². The van der Waals surface area contributed by atoms with Crippen LogP contribution in [0.5, 0.6) is 0 Å². The number of benzene rings is 1.